The molecule has 4 rings (SSSR count). The predicted octanol–water partition coefficient (Wildman–Crippen LogP) is 4.91. The molecule has 2 amide bonds. The average Bonchev–Trinajstić information content (AvgIpc) is 3.47. The van der Waals surface area contributed by atoms with E-state index in [2.05, 4.69) is 31.3 Å². The maximum Gasteiger partial charge on any atom is 0.433 e. The van der Waals surface area contributed by atoms with Crippen molar-refractivity contribution in [1.82, 2.24) is 14.8 Å². The van der Waals surface area contributed by atoms with Gasteiger partial charge in [-0.15, -0.1) is 11.3 Å². The van der Waals surface area contributed by atoms with E-state index < -0.39 is 29.6 Å². The summed E-state index contributed by atoms with van der Waals surface area (Å²) < 4.78 is 48.0. The molecule has 0 aromatic carbocycles. The summed E-state index contributed by atoms with van der Waals surface area (Å²) in [6.07, 6.45) is -0.168. The molecule has 3 N–H and O–H groups in total. The lowest BCUT2D eigenvalue weighted by Gasteiger charge is -2.14. The number of nitrogens with zero attached hydrogens (tertiary/aromatic N) is 3. The smallest absolute Gasteiger partial charge is 0.433 e. The third-order valence-electron chi connectivity index (χ3n) is 4.72. The Bertz CT molecular complexity index is 1350. The van der Waals surface area contributed by atoms with Gasteiger partial charge in [-0.2, -0.15) is 18.3 Å². The van der Waals surface area contributed by atoms with Crippen molar-refractivity contribution in [2.24, 2.45) is 11.7 Å². The Labute approximate surface area is 196 Å². The number of thiophene rings is 1. The number of nitrogens with one attached hydrogen (secondary N) is 1. The second-order valence-electron chi connectivity index (χ2n) is 7.15. The minimum Gasteiger partial charge on any atom is -0.464 e. The van der Waals surface area contributed by atoms with E-state index in [4.69, 9.17) is 10.2 Å². The predicted molar refractivity (Wildman–Crippen MR) is 119 cm³/mol. The van der Waals surface area contributed by atoms with Gasteiger partial charge in [0.15, 0.2) is 0 Å². The maximum atomic E-state index is 13.5. The number of amides is 2. The third kappa shape index (κ3) is 4.64. The quantitative estimate of drug-likeness (QED) is 0.359. The number of carbonyl (C=O) groups is 2. The standard InChI is InChI=1S/C20H15BrF3N5O3S/c1-9(7-29-8-10(21)6-26-29)18(31)28-15-14-11(12-3-2-4-32-12)5-13(20(22,23)24)27-19(14)33-16(15)17(25)30/h2-6,8-9H,7H2,1H3,(H2,25,30)(H,28,31). The van der Waals surface area contributed by atoms with E-state index in [1.54, 1.807) is 24.0 Å². The first-order valence-electron chi connectivity index (χ1n) is 9.42. The summed E-state index contributed by atoms with van der Waals surface area (Å²) in [7, 11) is 0. The van der Waals surface area contributed by atoms with Crippen molar-refractivity contribution in [1.29, 1.82) is 0 Å². The van der Waals surface area contributed by atoms with Crippen molar-refractivity contribution < 1.29 is 27.2 Å². The summed E-state index contributed by atoms with van der Waals surface area (Å²) >= 11 is 3.95. The molecule has 13 heteroatoms. The van der Waals surface area contributed by atoms with E-state index in [-0.39, 0.29) is 38.6 Å². The van der Waals surface area contributed by atoms with Crippen molar-refractivity contribution in [3.8, 4) is 11.3 Å². The second-order valence-corrected chi connectivity index (χ2v) is 9.07. The van der Waals surface area contributed by atoms with Gasteiger partial charge < -0.3 is 15.5 Å². The number of aromatic nitrogens is 3. The molecule has 0 aliphatic carbocycles. The van der Waals surface area contributed by atoms with E-state index in [9.17, 15) is 22.8 Å². The van der Waals surface area contributed by atoms with Gasteiger partial charge in [0.25, 0.3) is 5.91 Å². The number of hydrogen-bond acceptors (Lipinski definition) is 6. The molecule has 0 saturated heterocycles. The number of pyridine rings is 1. The lowest BCUT2D eigenvalue weighted by Crippen LogP contribution is -2.25. The summed E-state index contributed by atoms with van der Waals surface area (Å²) in [5.74, 6) is -1.86. The Balaban J connectivity index is 1.82. The summed E-state index contributed by atoms with van der Waals surface area (Å²) in [5, 5.41) is 6.90. The van der Waals surface area contributed by atoms with Gasteiger partial charge >= 0.3 is 6.18 Å². The lowest BCUT2D eigenvalue weighted by atomic mass is 10.1. The molecule has 4 aromatic rings. The molecule has 0 bridgehead atoms. The normalized spacial score (nSPS) is 12.8. The first-order valence-corrected chi connectivity index (χ1v) is 11.0. The molecule has 1 atom stereocenters. The molecule has 33 heavy (non-hydrogen) atoms. The first-order chi connectivity index (χ1) is 15.5. The van der Waals surface area contributed by atoms with Gasteiger partial charge in [-0.05, 0) is 34.1 Å². The van der Waals surface area contributed by atoms with Crippen LogP contribution in [-0.2, 0) is 17.5 Å². The fourth-order valence-corrected chi connectivity index (χ4v) is 4.55. The highest BCUT2D eigenvalue weighted by molar-refractivity contribution is 9.10. The molecule has 0 fully saturated rings. The fraction of sp³-hybridized carbons (Fsp3) is 0.200. The summed E-state index contributed by atoms with van der Waals surface area (Å²) in [6, 6.07) is 3.80. The highest BCUT2D eigenvalue weighted by Gasteiger charge is 2.35. The third-order valence-corrected chi connectivity index (χ3v) is 6.23. The zero-order chi connectivity index (χ0) is 23.9. The van der Waals surface area contributed by atoms with E-state index in [1.807, 2.05) is 0 Å². The Morgan fingerprint density at radius 3 is 2.73 bits per heavy atom. The molecule has 0 saturated carbocycles. The van der Waals surface area contributed by atoms with Crippen molar-refractivity contribution in [3.05, 3.63) is 51.9 Å². The summed E-state index contributed by atoms with van der Waals surface area (Å²) in [6.45, 7) is 1.88. The van der Waals surface area contributed by atoms with Crippen LogP contribution in [0.15, 0.2) is 45.7 Å². The zero-order valence-corrected chi connectivity index (χ0v) is 19.2. The van der Waals surface area contributed by atoms with Crippen molar-refractivity contribution in [2.45, 2.75) is 19.6 Å². The van der Waals surface area contributed by atoms with E-state index in [1.165, 1.54) is 18.4 Å². The van der Waals surface area contributed by atoms with E-state index >= 15 is 0 Å². The van der Waals surface area contributed by atoms with Gasteiger partial charge in [0, 0.05) is 17.1 Å². The number of fused-ring (bicyclic) bond motifs is 1. The number of anilines is 1. The molecular weight excluding hydrogens is 527 g/mol. The molecule has 0 radical (unpaired) electrons. The monoisotopic (exact) mass is 541 g/mol. The van der Waals surface area contributed by atoms with E-state index in [0.717, 1.165) is 10.5 Å². The highest BCUT2D eigenvalue weighted by Crippen LogP contribution is 2.43. The molecule has 0 spiro atoms. The minimum absolute atomic E-state index is 0.00591. The van der Waals surface area contributed by atoms with Crippen molar-refractivity contribution >= 4 is 55.0 Å². The average molecular weight is 542 g/mol. The largest absolute Gasteiger partial charge is 0.464 e. The van der Waals surface area contributed by atoms with Crippen LogP contribution in [0.2, 0.25) is 0 Å². The second kappa shape index (κ2) is 8.63. The molecule has 4 aromatic heterocycles. The number of hydrogen-bond donors (Lipinski definition) is 2. The number of carbonyl (C=O) groups excluding carboxylic acids is 2. The van der Waals surface area contributed by atoms with Crippen LogP contribution in [0.3, 0.4) is 0 Å². The zero-order valence-electron chi connectivity index (χ0n) is 16.8. The van der Waals surface area contributed by atoms with Crippen LogP contribution in [0.5, 0.6) is 0 Å². The number of furan rings is 1. The Morgan fingerprint density at radius 1 is 1.39 bits per heavy atom. The van der Waals surface area contributed by atoms with Gasteiger partial charge in [-0.3, -0.25) is 14.3 Å². The number of alkyl halides is 3. The van der Waals surface area contributed by atoms with E-state index in [0.29, 0.717) is 11.3 Å². The SMILES string of the molecule is CC(Cn1cc(Br)cn1)C(=O)Nc1c(C(N)=O)sc2nc(C(F)(F)F)cc(-c3ccco3)c12. The van der Waals surface area contributed by atoms with Crippen LogP contribution in [0, 0.1) is 5.92 Å². The summed E-state index contributed by atoms with van der Waals surface area (Å²) in [4.78, 5) is 28.5. The molecule has 0 aliphatic heterocycles. The lowest BCUT2D eigenvalue weighted by molar-refractivity contribution is -0.140. The van der Waals surface area contributed by atoms with Gasteiger partial charge in [-0.25, -0.2) is 4.98 Å². The number of halogens is 4. The Kier molecular flexibility index (Phi) is 6.01. The molecular formula is C20H15BrF3N5O3S. The van der Waals surface area contributed by atoms with Crippen LogP contribution in [0.25, 0.3) is 21.5 Å². The number of rotatable bonds is 6. The first kappa shape index (κ1) is 23.0. The van der Waals surface area contributed by atoms with Crippen LogP contribution >= 0.6 is 27.3 Å². The topological polar surface area (TPSA) is 116 Å². The molecule has 1 unspecified atom stereocenters. The van der Waals surface area contributed by atoms with Gasteiger partial charge in [-0.1, -0.05) is 6.92 Å². The Morgan fingerprint density at radius 2 is 2.15 bits per heavy atom. The highest BCUT2D eigenvalue weighted by atomic mass is 79.9. The van der Waals surface area contributed by atoms with Crippen LogP contribution in [0.4, 0.5) is 18.9 Å². The van der Waals surface area contributed by atoms with Crippen molar-refractivity contribution in [3.63, 3.8) is 0 Å². The van der Waals surface area contributed by atoms with Crippen LogP contribution in [0.1, 0.15) is 22.3 Å². The van der Waals surface area contributed by atoms with Gasteiger partial charge in [0.05, 0.1) is 35.1 Å². The fourth-order valence-electron chi connectivity index (χ4n) is 3.21. The van der Waals surface area contributed by atoms with Gasteiger partial charge in [0.2, 0.25) is 5.91 Å². The van der Waals surface area contributed by atoms with Gasteiger partial charge in [0.1, 0.15) is 21.2 Å². The number of primary amides is 1. The molecule has 172 valence electrons. The minimum atomic E-state index is -4.73. The van der Waals surface area contributed by atoms with Crippen LogP contribution < -0.4 is 11.1 Å². The Hall–Kier alpha value is -3.19. The van der Waals surface area contributed by atoms with Crippen LogP contribution in [-0.4, -0.2) is 26.6 Å². The molecule has 0 aliphatic rings. The summed E-state index contributed by atoms with van der Waals surface area (Å²) in [5.41, 5.74) is 4.34. The maximum absolute atomic E-state index is 13.5. The molecule has 8 nitrogen and oxygen atoms in total. The van der Waals surface area contributed by atoms with Crippen molar-refractivity contribution in [2.75, 3.05) is 5.32 Å². The molecule has 4 heterocycles. The number of nitrogens with two attached hydrogens (primary N) is 1.